The molecule has 1 amide bonds. The fourth-order valence-corrected chi connectivity index (χ4v) is 2.75. The van der Waals surface area contributed by atoms with E-state index in [1.165, 1.54) is 11.1 Å². The van der Waals surface area contributed by atoms with Crippen LogP contribution in [0.2, 0.25) is 0 Å². The Kier molecular flexibility index (Phi) is 3.65. The van der Waals surface area contributed by atoms with Crippen molar-refractivity contribution >= 4 is 11.6 Å². The second-order valence-electron chi connectivity index (χ2n) is 6.06. The molecule has 0 atom stereocenters. The van der Waals surface area contributed by atoms with Crippen LogP contribution < -0.4 is 10.1 Å². The van der Waals surface area contributed by atoms with Crippen molar-refractivity contribution < 1.29 is 9.53 Å². The molecule has 0 aromatic heterocycles. The molecule has 2 aromatic carbocycles. The SMILES string of the molecule is COc1ccc(C2(C(=O)Nc3ccc(C)c(C)c3)CC2)cc1. The van der Waals surface area contributed by atoms with Crippen molar-refractivity contribution in [3.05, 3.63) is 59.2 Å². The van der Waals surface area contributed by atoms with Gasteiger partial charge in [-0.05, 0) is 67.6 Å². The van der Waals surface area contributed by atoms with Crippen LogP contribution in [-0.2, 0) is 10.2 Å². The minimum atomic E-state index is -0.370. The predicted octanol–water partition coefficient (Wildman–Crippen LogP) is 3.98. The first-order chi connectivity index (χ1) is 10.5. The number of hydrogen-bond donors (Lipinski definition) is 1. The lowest BCUT2D eigenvalue weighted by molar-refractivity contribution is -0.118. The molecule has 0 radical (unpaired) electrons. The number of aryl methyl sites for hydroxylation is 2. The molecule has 1 saturated carbocycles. The van der Waals surface area contributed by atoms with Crippen LogP contribution in [0.15, 0.2) is 42.5 Å². The number of hydrogen-bond acceptors (Lipinski definition) is 2. The van der Waals surface area contributed by atoms with E-state index in [2.05, 4.69) is 19.2 Å². The van der Waals surface area contributed by atoms with Crippen molar-refractivity contribution in [3.63, 3.8) is 0 Å². The Hall–Kier alpha value is -2.29. The molecule has 0 spiro atoms. The van der Waals surface area contributed by atoms with Crippen molar-refractivity contribution in [1.29, 1.82) is 0 Å². The lowest BCUT2D eigenvalue weighted by atomic mass is 9.94. The van der Waals surface area contributed by atoms with E-state index in [-0.39, 0.29) is 11.3 Å². The molecule has 1 fully saturated rings. The van der Waals surface area contributed by atoms with E-state index in [1.54, 1.807) is 7.11 Å². The van der Waals surface area contributed by atoms with Gasteiger partial charge in [0.05, 0.1) is 12.5 Å². The van der Waals surface area contributed by atoms with Gasteiger partial charge in [-0.2, -0.15) is 0 Å². The average molecular weight is 295 g/mol. The summed E-state index contributed by atoms with van der Waals surface area (Å²) >= 11 is 0. The molecule has 1 N–H and O–H groups in total. The van der Waals surface area contributed by atoms with Gasteiger partial charge in [-0.25, -0.2) is 0 Å². The average Bonchev–Trinajstić information content (AvgIpc) is 3.33. The molecule has 1 aliphatic rings. The van der Waals surface area contributed by atoms with Crippen molar-refractivity contribution in [2.75, 3.05) is 12.4 Å². The molecule has 0 bridgehead atoms. The monoisotopic (exact) mass is 295 g/mol. The van der Waals surface area contributed by atoms with E-state index in [1.807, 2.05) is 42.5 Å². The quantitative estimate of drug-likeness (QED) is 0.926. The fraction of sp³-hybridized carbons (Fsp3) is 0.316. The summed E-state index contributed by atoms with van der Waals surface area (Å²) in [4.78, 5) is 12.7. The summed E-state index contributed by atoms with van der Waals surface area (Å²) in [5.74, 6) is 0.898. The molecule has 3 rings (SSSR count). The van der Waals surface area contributed by atoms with E-state index >= 15 is 0 Å². The van der Waals surface area contributed by atoms with Crippen LogP contribution in [0.25, 0.3) is 0 Å². The van der Waals surface area contributed by atoms with Crippen molar-refractivity contribution in [1.82, 2.24) is 0 Å². The third-order valence-electron chi connectivity index (χ3n) is 4.59. The van der Waals surface area contributed by atoms with E-state index < -0.39 is 0 Å². The van der Waals surface area contributed by atoms with Gasteiger partial charge in [-0.3, -0.25) is 4.79 Å². The van der Waals surface area contributed by atoms with Gasteiger partial charge >= 0.3 is 0 Å². The number of methoxy groups -OCH3 is 1. The van der Waals surface area contributed by atoms with Crippen molar-refractivity contribution in [2.24, 2.45) is 0 Å². The zero-order valence-corrected chi connectivity index (χ0v) is 13.3. The Balaban J connectivity index is 1.79. The molecule has 0 saturated heterocycles. The summed E-state index contributed by atoms with van der Waals surface area (Å²) in [7, 11) is 1.65. The highest BCUT2D eigenvalue weighted by molar-refractivity contribution is 6.01. The molecule has 3 heteroatoms. The van der Waals surface area contributed by atoms with E-state index in [0.29, 0.717) is 0 Å². The molecule has 22 heavy (non-hydrogen) atoms. The Morgan fingerprint density at radius 1 is 1.05 bits per heavy atom. The standard InChI is InChI=1S/C19H21NO2/c1-13-4-7-16(12-14(13)2)20-18(21)19(10-11-19)15-5-8-17(22-3)9-6-15/h4-9,12H,10-11H2,1-3H3,(H,20,21). The van der Waals surface area contributed by atoms with Gasteiger partial charge in [0.25, 0.3) is 0 Å². The summed E-state index contributed by atoms with van der Waals surface area (Å²) in [5, 5.41) is 3.07. The molecular weight excluding hydrogens is 274 g/mol. The maximum Gasteiger partial charge on any atom is 0.235 e. The zero-order valence-electron chi connectivity index (χ0n) is 13.3. The minimum absolute atomic E-state index is 0.0842. The maximum absolute atomic E-state index is 12.7. The number of carbonyl (C=O) groups is 1. The van der Waals surface area contributed by atoms with Crippen molar-refractivity contribution in [3.8, 4) is 5.75 Å². The summed E-state index contributed by atoms with van der Waals surface area (Å²) in [6.45, 7) is 4.13. The predicted molar refractivity (Wildman–Crippen MR) is 88.5 cm³/mol. The van der Waals surface area contributed by atoms with Gasteiger partial charge in [0.15, 0.2) is 0 Å². The first-order valence-corrected chi connectivity index (χ1v) is 7.58. The van der Waals surface area contributed by atoms with Crippen LogP contribution >= 0.6 is 0 Å². The number of carbonyl (C=O) groups excluding carboxylic acids is 1. The molecular formula is C19H21NO2. The third kappa shape index (κ3) is 2.59. The normalized spacial score (nSPS) is 15.2. The highest BCUT2D eigenvalue weighted by atomic mass is 16.5. The highest BCUT2D eigenvalue weighted by Crippen LogP contribution is 2.49. The van der Waals surface area contributed by atoms with Crippen LogP contribution in [0.3, 0.4) is 0 Å². The Labute approximate surface area is 131 Å². The van der Waals surface area contributed by atoms with Gasteiger partial charge in [0.1, 0.15) is 5.75 Å². The number of anilines is 1. The van der Waals surface area contributed by atoms with Crippen LogP contribution in [0.4, 0.5) is 5.69 Å². The first kappa shape index (κ1) is 14.6. The summed E-state index contributed by atoms with van der Waals surface area (Å²) < 4.78 is 5.18. The van der Waals surface area contributed by atoms with E-state index in [9.17, 15) is 4.79 Å². The van der Waals surface area contributed by atoms with Gasteiger partial charge in [0, 0.05) is 5.69 Å². The van der Waals surface area contributed by atoms with E-state index in [0.717, 1.165) is 29.8 Å². The number of amides is 1. The number of ether oxygens (including phenoxy) is 1. The summed E-state index contributed by atoms with van der Waals surface area (Å²) in [6, 6.07) is 13.8. The fourth-order valence-electron chi connectivity index (χ4n) is 2.75. The van der Waals surface area contributed by atoms with Gasteiger partial charge in [-0.15, -0.1) is 0 Å². The minimum Gasteiger partial charge on any atom is -0.497 e. The summed E-state index contributed by atoms with van der Waals surface area (Å²) in [5.41, 5.74) is 3.98. The van der Waals surface area contributed by atoms with Crippen molar-refractivity contribution in [2.45, 2.75) is 32.1 Å². The molecule has 114 valence electrons. The summed E-state index contributed by atoms with van der Waals surface area (Å²) in [6.07, 6.45) is 1.80. The number of benzene rings is 2. The second kappa shape index (κ2) is 5.48. The lowest BCUT2D eigenvalue weighted by Crippen LogP contribution is -2.27. The smallest absolute Gasteiger partial charge is 0.235 e. The molecule has 0 heterocycles. The number of rotatable bonds is 4. The van der Waals surface area contributed by atoms with Crippen LogP contribution in [0.1, 0.15) is 29.5 Å². The second-order valence-corrected chi connectivity index (χ2v) is 6.06. The Morgan fingerprint density at radius 2 is 1.73 bits per heavy atom. The maximum atomic E-state index is 12.7. The largest absolute Gasteiger partial charge is 0.497 e. The molecule has 0 aliphatic heterocycles. The molecule has 0 unspecified atom stereocenters. The van der Waals surface area contributed by atoms with E-state index in [4.69, 9.17) is 4.74 Å². The molecule has 3 nitrogen and oxygen atoms in total. The first-order valence-electron chi connectivity index (χ1n) is 7.58. The van der Waals surface area contributed by atoms with Gasteiger partial charge in [-0.1, -0.05) is 18.2 Å². The highest BCUT2D eigenvalue weighted by Gasteiger charge is 2.51. The zero-order chi connectivity index (χ0) is 15.7. The molecule has 1 aliphatic carbocycles. The Bertz CT molecular complexity index is 700. The van der Waals surface area contributed by atoms with Gasteiger partial charge < -0.3 is 10.1 Å². The topological polar surface area (TPSA) is 38.3 Å². The number of nitrogens with one attached hydrogen (secondary N) is 1. The third-order valence-corrected chi connectivity index (χ3v) is 4.59. The van der Waals surface area contributed by atoms with Crippen LogP contribution in [0, 0.1) is 13.8 Å². The van der Waals surface area contributed by atoms with Crippen LogP contribution in [0.5, 0.6) is 5.75 Å². The Morgan fingerprint density at radius 3 is 2.27 bits per heavy atom. The molecule has 2 aromatic rings. The van der Waals surface area contributed by atoms with Gasteiger partial charge in [0.2, 0.25) is 5.91 Å². The van der Waals surface area contributed by atoms with Crippen LogP contribution in [-0.4, -0.2) is 13.0 Å². The lowest BCUT2D eigenvalue weighted by Gasteiger charge is -2.17.